The van der Waals surface area contributed by atoms with Gasteiger partial charge in [-0.2, -0.15) is 18.3 Å². The largest absolute Gasteiger partial charge is 0.507 e. The van der Waals surface area contributed by atoms with Gasteiger partial charge in [0.2, 0.25) is 5.91 Å². The van der Waals surface area contributed by atoms with Crippen molar-refractivity contribution in [3.8, 4) is 5.75 Å². The van der Waals surface area contributed by atoms with Gasteiger partial charge in [-0.15, -0.1) is 5.10 Å². The number of nitrogens with zero attached hydrogens (tertiary/aromatic N) is 2. The van der Waals surface area contributed by atoms with Crippen LogP contribution in [0.2, 0.25) is 0 Å². The highest BCUT2D eigenvalue weighted by Gasteiger charge is 2.35. The number of carbonyl (C=O) groups is 2. The van der Waals surface area contributed by atoms with Crippen molar-refractivity contribution in [2.45, 2.75) is 17.8 Å². The summed E-state index contributed by atoms with van der Waals surface area (Å²) in [5.74, 6) is -2.71. The van der Waals surface area contributed by atoms with E-state index in [0.717, 1.165) is 24.0 Å². The number of carboxylic acids is 1. The van der Waals surface area contributed by atoms with E-state index >= 15 is 0 Å². The van der Waals surface area contributed by atoms with Crippen LogP contribution in [0.25, 0.3) is 0 Å². The maximum Gasteiger partial charge on any atom is 0.420 e. The van der Waals surface area contributed by atoms with Gasteiger partial charge in [0.25, 0.3) is 0 Å². The number of amides is 1. The molecule has 1 aromatic rings. The highest BCUT2D eigenvalue weighted by molar-refractivity contribution is 9.10. The lowest BCUT2D eigenvalue weighted by atomic mass is 10.1. The molecule has 25 heavy (non-hydrogen) atoms. The molecule has 1 saturated heterocycles. The molecule has 0 saturated carbocycles. The van der Waals surface area contributed by atoms with E-state index in [1.807, 2.05) is 0 Å². The van der Waals surface area contributed by atoms with E-state index in [4.69, 9.17) is 5.11 Å². The minimum Gasteiger partial charge on any atom is -0.507 e. The fourth-order valence-electron chi connectivity index (χ4n) is 1.82. The van der Waals surface area contributed by atoms with Crippen molar-refractivity contribution in [3.05, 3.63) is 27.7 Å². The fourth-order valence-corrected chi connectivity index (χ4v) is 3.21. The molecule has 1 heterocycles. The number of benzene rings is 1. The summed E-state index contributed by atoms with van der Waals surface area (Å²) in [5, 5.41) is 27.0. The molecule has 1 amide bonds. The highest BCUT2D eigenvalue weighted by Crippen LogP contribution is 2.39. The SMILES string of the molecule is O=C(O)CC1SC(=NN=Cc2cc(Br)cc(C(F)(F)F)c2O)NC1=O. The monoisotopic (exact) mass is 439 g/mol. The number of carbonyl (C=O) groups excluding carboxylic acids is 1. The van der Waals surface area contributed by atoms with Crippen molar-refractivity contribution in [1.29, 1.82) is 0 Å². The van der Waals surface area contributed by atoms with E-state index in [1.54, 1.807) is 0 Å². The smallest absolute Gasteiger partial charge is 0.420 e. The third-order valence-corrected chi connectivity index (χ3v) is 4.42. The minimum atomic E-state index is -4.75. The van der Waals surface area contributed by atoms with Gasteiger partial charge in [-0.25, -0.2) is 0 Å². The third-order valence-electron chi connectivity index (χ3n) is 2.89. The summed E-state index contributed by atoms with van der Waals surface area (Å²) < 4.78 is 38.5. The number of phenolic OH excluding ortho intramolecular Hbond substituents is 1. The minimum absolute atomic E-state index is 0.0121. The second-order valence-corrected chi connectivity index (χ2v) is 6.84. The van der Waals surface area contributed by atoms with E-state index in [0.29, 0.717) is 0 Å². The van der Waals surface area contributed by atoms with Gasteiger partial charge in [0.05, 0.1) is 18.2 Å². The van der Waals surface area contributed by atoms with Crippen LogP contribution in [0.15, 0.2) is 26.8 Å². The summed E-state index contributed by atoms with van der Waals surface area (Å²) in [7, 11) is 0. The van der Waals surface area contributed by atoms with Crippen molar-refractivity contribution in [1.82, 2.24) is 5.32 Å². The van der Waals surface area contributed by atoms with Gasteiger partial charge in [-0.1, -0.05) is 27.7 Å². The number of aromatic hydroxyl groups is 1. The first-order valence-corrected chi connectivity index (χ1v) is 8.15. The maximum atomic E-state index is 12.8. The number of aliphatic carboxylic acids is 1. The number of alkyl halides is 3. The molecule has 2 rings (SSSR count). The zero-order valence-electron chi connectivity index (χ0n) is 12.0. The van der Waals surface area contributed by atoms with Gasteiger partial charge in [0.15, 0.2) is 5.17 Å². The quantitative estimate of drug-likeness (QED) is 0.493. The van der Waals surface area contributed by atoms with E-state index < -0.39 is 41.0 Å². The first-order chi connectivity index (χ1) is 11.6. The Balaban J connectivity index is 2.19. The molecular weight excluding hydrogens is 431 g/mol. The molecule has 0 bridgehead atoms. The van der Waals surface area contributed by atoms with Crippen molar-refractivity contribution >= 4 is 51.0 Å². The number of halogens is 4. The molecule has 12 heteroatoms. The van der Waals surface area contributed by atoms with Crippen LogP contribution in [0.5, 0.6) is 5.75 Å². The van der Waals surface area contributed by atoms with Crippen LogP contribution in [0.1, 0.15) is 17.5 Å². The molecule has 0 aliphatic carbocycles. The zero-order valence-corrected chi connectivity index (χ0v) is 14.4. The van der Waals surface area contributed by atoms with Crippen LogP contribution in [-0.2, 0) is 15.8 Å². The third kappa shape index (κ3) is 4.95. The summed E-state index contributed by atoms with van der Waals surface area (Å²) >= 11 is 3.75. The van der Waals surface area contributed by atoms with Gasteiger partial charge in [0, 0.05) is 10.0 Å². The van der Waals surface area contributed by atoms with Gasteiger partial charge in [-0.3, -0.25) is 9.59 Å². The second-order valence-electron chi connectivity index (χ2n) is 4.73. The van der Waals surface area contributed by atoms with Crippen LogP contribution in [0.4, 0.5) is 13.2 Å². The number of hydrogen-bond donors (Lipinski definition) is 3. The van der Waals surface area contributed by atoms with Crippen molar-refractivity contribution in [2.75, 3.05) is 0 Å². The molecule has 0 radical (unpaired) electrons. The number of nitrogens with one attached hydrogen (secondary N) is 1. The van der Waals surface area contributed by atoms with Crippen LogP contribution >= 0.6 is 27.7 Å². The number of carboxylic acid groups (broad SMARTS) is 1. The van der Waals surface area contributed by atoms with Gasteiger partial charge >= 0.3 is 12.1 Å². The zero-order chi connectivity index (χ0) is 18.8. The average Bonchev–Trinajstić information content (AvgIpc) is 2.80. The Kier molecular flexibility index (Phi) is 5.72. The van der Waals surface area contributed by atoms with Crippen LogP contribution in [0.3, 0.4) is 0 Å². The van der Waals surface area contributed by atoms with E-state index in [9.17, 15) is 27.9 Å². The number of rotatable bonds is 4. The number of hydrogen-bond acceptors (Lipinski definition) is 6. The average molecular weight is 440 g/mol. The molecule has 0 spiro atoms. The molecule has 1 atom stereocenters. The molecule has 1 aromatic carbocycles. The Bertz CT molecular complexity index is 783. The van der Waals surface area contributed by atoms with Crippen LogP contribution < -0.4 is 5.32 Å². The molecule has 134 valence electrons. The summed E-state index contributed by atoms with van der Waals surface area (Å²) in [6, 6.07) is 1.93. The normalized spacial score (nSPS) is 19.6. The Morgan fingerprint density at radius 3 is 2.72 bits per heavy atom. The fraction of sp³-hybridized carbons (Fsp3) is 0.231. The summed E-state index contributed by atoms with van der Waals surface area (Å²) in [6.45, 7) is 0. The maximum absolute atomic E-state index is 12.8. The van der Waals surface area contributed by atoms with Crippen molar-refractivity contribution < 1.29 is 33.0 Å². The number of thioether (sulfide) groups is 1. The lowest BCUT2D eigenvalue weighted by Gasteiger charge is -2.11. The van der Waals surface area contributed by atoms with Gasteiger partial charge < -0.3 is 15.5 Å². The van der Waals surface area contributed by atoms with Crippen LogP contribution in [0, 0.1) is 0 Å². The molecule has 1 aliphatic heterocycles. The first-order valence-electron chi connectivity index (χ1n) is 6.48. The highest BCUT2D eigenvalue weighted by atomic mass is 79.9. The second kappa shape index (κ2) is 7.44. The molecule has 1 unspecified atom stereocenters. The van der Waals surface area contributed by atoms with Crippen LogP contribution in [-0.4, -0.2) is 38.7 Å². The number of amidine groups is 1. The van der Waals surface area contributed by atoms with Gasteiger partial charge in [-0.05, 0) is 12.1 Å². The van der Waals surface area contributed by atoms with E-state index in [-0.39, 0.29) is 15.2 Å². The Morgan fingerprint density at radius 2 is 2.12 bits per heavy atom. The summed E-state index contributed by atoms with van der Waals surface area (Å²) in [5.41, 5.74) is -1.47. The van der Waals surface area contributed by atoms with E-state index in [1.165, 1.54) is 6.07 Å². The Morgan fingerprint density at radius 1 is 1.44 bits per heavy atom. The Labute approximate surface area is 151 Å². The molecule has 7 nitrogen and oxygen atoms in total. The molecule has 1 fully saturated rings. The summed E-state index contributed by atoms with van der Waals surface area (Å²) in [4.78, 5) is 22.1. The predicted octanol–water partition coefficient (Wildman–Crippen LogP) is 2.57. The topological polar surface area (TPSA) is 111 Å². The molecular formula is C13H9BrF3N3O4S. The molecule has 0 aromatic heterocycles. The van der Waals surface area contributed by atoms with Gasteiger partial charge in [0.1, 0.15) is 11.0 Å². The lowest BCUT2D eigenvalue weighted by Crippen LogP contribution is -2.26. The summed E-state index contributed by atoms with van der Waals surface area (Å²) in [6.07, 6.45) is -4.26. The lowest BCUT2D eigenvalue weighted by molar-refractivity contribution is -0.139. The predicted molar refractivity (Wildman–Crippen MR) is 87.6 cm³/mol. The standard InChI is InChI=1S/C13H9BrF3N3O4S/c14-6-1-5(10(23)7(2-6)13(15,16)17)4-18-20-12-19-11(24)8(25-12)3-9(21)22/h1-2,4,8,23H,3H2,(H,21,22)(H,19,20,24). The van der Waals surface area contributed by atoms with E-state index in [2.05, 4.69) is 31.4 Å². The Hall–Kier alpha value is -2.08. The van der Waals surface area contributed by atoms with Crippen molar-refractivity contribution in [3.63, 3.8) is 0 Å². The molecule has 3 N–H and O–H groups in total. The molecule has 1 aliphatic rings. The first kappa shape index (κ1) is 19.2. The van der Waals surface area contributed by atoms with Crippen molar-refractivity contribution in [2.24, 2.45) is 10.2 Å². The number of phenols is 1.